The van der Waals surface area contributed by atoms with Crippen LogP contribution in [0.1, 0.15) is 31.3 Å². The van der Waals surface area contributed by atoms with E-state index < -0.39 is 0 Å². The number of thiophene rings is 1. The number of rotatable bonds is 4. The molecule has 0 atom stereocenters. The van der Waals surface area contributed by atoms with E-state index >= 15 is 0 Å². The minimum atomic E-state index is -0.325. The summed E-state index contributed by atoms with van der Waals surface area (Å²) in [6.45, 7) is 3.71. The Bertz CT molecular complexity index is 1250. The molecule has 0 aliphatic heterocycles. The number of pyridine rings is 1. The summed E-state index contributed by atoms with van der Waals surface area (Å²) in [5.74, 6) is -0.595. The fraction of sp³-hybridized carbons (Fsp3) is 0.100. The van der Waals surface area contributed by atoms with E-state index in [9.17, 15) is 9.59 Å². The molecule has 2 amide bonds. The van der Waals surface area contributed by atoms with Crippen LogP contribution in [0.5, 0.6) is 0 Å². The molecule has 4 aromatic rings. The number of hydrogen-bond donors (Lipinski definition) is 3. The monoisotopic (exact) mass is 425 g/mol. The maximum Gasteiger partial charge on any atom is 0.266 e. The Morgan fingerprint density at radius 3 is 2.69 bits per heavy atom. The van der Waals surface area contributed by atoms with Gasteiger partial charge in [-0.2, -0.15) is 5.10 Å². The highest BCUT2D eigenvalue weighted by molar-refractivity contribution is 7.18. The number of anilines is 2. The van der Waals surface area contributed by atoms with Crippen molar-refractivity contribution in [3.8, 4) is 0 Å². The molecule has 1 aromatic carbocycles. The van der Waals surface area contributed by atoms with E-state index in [0.29, 0.717) is 31.8 Å². The van der Waals surface area contributed by atoms with Crippen molar-refractivity contribution in [3.05, 3.63) is 69.3 Å². The van der Waals surface area contributed by atoms with Crippen molar-refractivity contribution in [1.29, 1.82) is 0 Å². The molecule has 3 heterocycles. The van der Waals surface area contributed by atoms with Crippen LogP contribution < -0.4 is 10.6 Å². The summed E-state index contributed by atoms with van der Waals surface area (Å²) in [6.07, 6.45) is 1.56. The van der Waals surface area contributed by atoms with E-state index in [1.54, 1.807) is 36.5 Å². The number of aromatic nitrogens is 3. The van der Waals surface area contributed by atoms with Crippen LogP contribution in [0.3, 0.4) is 0 Å². The van der Waals surface area contributed by atoms with Gasteiger partial charge in [-0.15, -0.1) is 11.3 Å². The van der Waals surface area contributed by atoms with Gasteiger partial charge in [-0.1, -0.05) is 23.7 Å². The summed E-state index contributed by atoms with van der Waals surface area (Å²) < 4.78 is 0. The number of carbonyl (C=O) groups is 2. The fourth-order valence-electron chi connectivity index (χ4n) is 2.87. The molecular formula is C20H16ClN5O2S. The number of nitrogens with zero attached hydrogens (tertiary/aromatic N) is 2. The van der Waals surface area contributed by atoms with Crippen molar-refractivity contribution < 1.29 is 9.59 Å². The second kappa shape index (κ2) is 7.65. The zero-order chi connectivity index (χ0) is 20.5. The van der Waals surface area contributed by atoms with Gasteiger partial charge in [0.25, 0.3) is 11.8 Å². The molecule has 0 spiro atoms. The van der Waals surface area contributed by atoms with Gasteiger partial charge in [0.2, 0.25) is 0 Å². The first-order chi connectivity index (χ1) is 13.9. The Labute approximate surface area is 175 Å². The van der Waals surface area contributed by atoms with E-state index in [0.717, 1.165) is 16.6 Å². The van der Waals surface area contributed by atoms with Crippen molar-refractivity contribution in [3.63, 3.8) is 0 Å². The van der Waals surface area contributed by atoms with Crippen LogP contribution in [0.4, 0.5) is 10.7 Å². The van der Waals surface area contributed by atoms with Crippen molar-refractivity contribution in [2.75, 3.05) is 10.6 Å². The van der Waals surface area contributed by atoms with E-state index in [1.165, 1.54) is 11.3 Å². The summed E-state index contributed by atoms with van der Waals surface area (Å²) in [4.78, 5) is 29.9. The number of amides is 2. The van der Waals surface area contributed by atoms with Crippen LogP contribution in [0.25, 0.3) is 11.0 Å². The Morgan fingerprint density at radius 2 is 1.90 bits per heavy atom. The molecule has 7 nitrogen and oxygen atoms in total. The lowest BCUT2D eigenvalue weighted by Gasteiger charge is -2.05. The van der Waals surface area contributed by atoms with E-state index in [2.05, 4.69) is 25.8 Å². The first-order valence-electron chi connectivity index (χ1n) is 8.71. The number of H-pyrrole nitrogens is 1. The summed E-state index contributed by atoms with van der Waals surface area (Å²) in [7, 11) is 0. The third kappa shape index (κ3) is 3.85. The number of hydrogen-bond acceptors (Lipinski definition) is 5. The van der Waals surface area contributed by atoms with Crippen molar-refractivity contribution >= 4 is 56.5 Å². The molecule has 146 valence electrons. The Balaban J connectivity index is 1.52. The van der Waals surface area contributed by atoms with Crippen molar-refractivity contribution in [1.82, 2.24) is 15.2 Å². The second-order valence-electron chi connectivity index (χ2n) is 6.45. The Kier molecular flexibility index (Phi) is 5.04. The zero-order valence-electron chi connectivity index (χ0n) is 15.5. The van der Waals surface area contributed by atoms with Gasteiger partial charge in [-0.3, -0.25) is 14.7 Å². The van der Waals surface area contributed by atoms with Crippen molar-refractivity contribution in [2.24, 2.45) is 0 Å². The molecule has 0 radical (unpaired) electrons. The molecule has 0 unspecified atom stereocenters. The number of aryl methyl sites for hydroxylation is 2. The maximum absolute atomic E-state index is 12.7. The van der Waals surface area contributed by atoms with Crippen LogP contribution in [-0.4, -0.2) is 27.0 Å². The Morgan fingerprint density at radius 1 is 1.10 bits per heavy atom. The number of carbonyl (C=O) groups excluding carboxylic acids is 2. The van der Waals surface area contributed by atoms with Gasteiger partial charge in [0.05, 0.1) is 32.3 Å². The SMILES string of the molecule is Cc1cc(NC(=O)c2ccccc2Cl)sc1C(=O)Nc1cnc2n[nH]c(C)c2c1. The highest BCUT2D eigenvalue weighted by Gasteiger charge is 2.17. The number of nitrogens with one attached hydrogen (secondary N) is 3. The van der Waals surface area contributed by atoms with Crippen LogP contribution in [0.15, 0.2) is 42.6 Å². The highest BCUT2D eigenvalue weighted by atomic mass is 35.5. The smallest absolute Gasteiger partial charge is 0.266 e. The summed E-state index contributed by atoms with van der Waals surface area (Å²) in [6, 6.07) is 10.4. The molecule has 0 fully saturated rings. The molecule has 0 saturated carbocycles. The molecule has 0 bridgehead atoms. The van der Waals surface area contributed by atoms with Gasteiger partial charge >= 0.3 is 0 Å². The second-order valence-corrected chi connectivity index (χ2v) is 7.91. The van der Waals surface area contributed by atoms with Gasteiger partial charge in [-0.25, -0.2) is 4.98 Å². The van der Waals surface area contributed by atoms with Crippen LogP contribution in [0, 0.1) is 13.8 Å². The average Bonchev–Trinajstić information content (AvgIpc) is 3.24. The summed E-state index contributed by atoms with van der Waals surface area (Å²) in [5, 5.41) is 14.4. The molecule has 9 heteroatoms. The number of halogens is 1. The minimum Gasteiger partial charge on any atom is -0.320 e. The number of benzene rings is 1. The lowest BCUT2D eigenvalue weighted by Crippen LogP contribution is -2.12. The highest BCUT2D eigenvalue weighted by Crippen LogP contribution is 2.29. The largest absolute Gasteiger partial charge is 0.320 e. The molecule has 0 saturated heterocycles. The number of aromatic amines is 1. The topological polar surface area (TPSA) is 99.8 Å². The third-order valence-corrected chi connectivity index (χ3v) is 5.82. The van der Waals surface area contributed by atoms with Gasteiger partial charge < -0.3 is 10.6 Å². The van der Waals surface area contributed by atoms with Gasteiger partial charge in [-0.05, 0) is 43.7 Å². The lowest BCUT2D eigenvalue weighted by molar-refractivity contribution is 0.102. The molecule has 0 aliphatic rings. The fourth-order valence-corrected chi connectivity index (χ4v) is 4.05. The van der Waals surface area contributed by atoms with E-state index in [4.69, 9.17) is 11.6 Å². The molecular weight excluding hydrogens is 410 g/mol. The zero-order valence-corrected chi connectivity index (χ0v) is 17.1. The molecule has 0 aliphatic carbocycles. The number of fused-ring (bicyclic) bond motifs is 1. The molecule has 4 rings (SSSR count). The van der Waals surface area contributed by atoms with Crippen LogP contribution in [-0.2, 0) is 0 Å². The molecule has 3 aromatic heterocycles. The first-order valence-corrected chi connectivity index (χ1v) is 9.90. The lowest BCUT2D eigenvalue weighted by atomic mass is 10.2. The van der Waals surface area contributed by atoms with Gasteiger partial charge in [0.15, 0.2) is 5.65 Å². The summed E-state index contributed by atoms with van der Waals surface area (Å²) >= 11 is 7.27. The van der Waals surface area contributed by atoms with Crippen LogP contribution >= 0.6 is 22.9 Å². The Hall–Kier alpha value is -3.23. The quantitative estimate of drug-likeness (QED) is 0.437. The average molecular weight is 426 g/mol. The molecule has 29 heavy (non-hydrogen) atoms. The predicted octanol–water partition coefficient (Wildman–Crippen LogP) is 4.79. The van der Waals surface area contributed by atoms with Gasteiger partial charge in [0.1, 0.15) is 0 Å². The van der Waals surface area contributed by atoms with E-state index in [-0.39, 0.29) is 11.8 Å². The van der Waals surface area contributed by atoms with E-state index in [1.807, 2.05) is 19.9 Å². The minimum absolute atomic E-state index is 0.270. The maximum atomic E-state index is 12.7. The molecule has 3 N–H and O–H groups in total. The third-order valence-electron chi connectivity index (χ3n) is 4.34. The standard InChI is InChI=1S/C20H16ClN5O2S/c1-10-7-16(24-19(27)13-5-3-4-6-15(13)21)29-17(10)20(28)23-12-8-14-11(2)25-26-18(14)22-9-12/h3-9H,1-2H3,(H,23,28)(H,24,27)(H,22,25,26). The normalized spacial score (nSPS) is 10.9. The van der Waals surface area contributed by atoms with Crippen molar-refractivity contribution in [2.45, 2.75) is 13.8 Å². The first kappa shape index (κ1) is 19.1. The summed E-state index contributed by atoms with van der Waals surface area (Å²) in [5.41, 5.74) is 3.18. The predicted molar refractivity (Wildman–Crippen MR) is 115 cm³/mol. The van der Waals surface area contributed by atoms with Crippen LogP contribution in [0.2, 0.25) is 5.02 Å². The van der Waals surface area contributed by atoms with Gasteiger partial charge in [0, 0.05) is 11.1 Å².